The fourth-order valence-corrected chi connectivity index (χ4v) is 5.73. The highest BCUT2D eigenvalue weighted by atomic mass is 32.2. The van der Waals surface area contributed by atoms with Gasteiger partial charge in [0.1, 0.15) is 5.69 Å². The highest BCUT2D eigenvalue weighted by molar-refractivity contribution is 7.93. The van der Waals surface area contributed by atoms with Crippen LogP contribution in [0.25, 0.3) is 5.65 Å². The molecule has 10 heteroatoms. The van der Waals surface area contributed by atoms with Crippen LogP contribution in [0.4, 0.5) is 0 Å². The van der Waals surface area contributed by atoms with Crippen LogP contribution in [-0.4, -0.2) is 72.1 Å². The van der Waals surface area contributed by atoms with E-state index in [0.717, 1.165) is 0 Å². The van der Waals surface area contributed by atoms with Crippen molar-refractivity contribution in [1.29, 1.82) is 0 Å². The van der Waals surface area contributed by atoms with Crippen molar-refractivity contribution in [3.63, 3.8) is 0 Å². The molecule has 2 aromatic rings. The lowest BCUT2D eigenvalue weighted by atomic mass is 9.94. The average Bonchev–Trinajstić information content (AvgIpc) is 3.09. The number of fused-ring (bicyclic) bond motifs is 1. The van der Waals surface area contributed by atoms with Crippen molar-refractivity contribution in [1.82, 2.24) is 19.3 Å². The lowest BCUT2D eigenvalue weighted by molar-refractivity contribution is -0.150. The summed E-state index contributed by atoms with van der Waals surface area (Å²) in [5.41, 5.74) is 0.217. The van der Waals surface area contributed by atoms with Gasteiger partial charge in [-0.2, -0.15) is 4.36 Å². The van der Waals surface area contributed by atoms with Crippen LogP contribution < -0.4 is 0 Å². The maximum absolute atomic E-state index is 13.1. The third-order valence-corrected chi connectivity index (χ3v) is 7.36. The van der Waals surface area contributed by atoms with Crippen molar-refractivity contribution >= 4 is 27.2 Å². The zero-order valence-electron chi connectivity index (χ0n) is 15.0. The number of carbonyl (C=O) groups is 2. The van der Waals surface area contributed by atoms with Gasteiger partial charge in [0, 0.05) is 50.1 Å². The first-order chi connectivity index (χ1) is 12.9. The Bertz CT molecular complexity index is 976. The van der Waals surface area contributed by atoms with E-state index in [1.54, 1.807) is 41.0 Å². The highest BCUT2D eigenvalue weighted by Crippen LogP contribution is 2.32. The number of morpholine rings is 1. The van der Waals surface area contributed by atoms with Crippen molar-refractivity contribution in [3.05, 3.63) is 30.5 Å². The Labute approximate surface area is 156 Å². The van der Waals surface area contributed by atoms with E-state index >= 15 is 0 Å². The first-order valence-electron chi connectivity index (χ1n) is 8.83. The Morgan fingerprint density at radius 2 is 2.11 bits per heavy atom. The molecule has 2 aromatic heterocycles. The van der Waals surface area contributed by atoms with Gasteiger partial charge < -0.3 is 14.0 Å². The number of amides is 2. The Kier molecular flexibility index (Phi) is 4.47. The van der Waals surface area contributed by atoms with E-state index in [1.165, 1.54) is 0 Å². The van der Waals surface area contributed by atoms with Crippen LogP contribution in [0.2, 0.25) is 0 Å². The number of hydrogen-bond acceptors (Lipinski definition) is 6. The molecule has 0 radical (unpaired) electrons. The number of rotatable bonds is 1. The molecule has 4 heterocycles. The molecule has 2 fully saturated rings. The van der Waals surface area contributed by atoms with Crippen LogP contribution >= 0.6 is 0 Å². The van der Waals surface area contributed by atoms with Crippen molar-refractivity contribution in [3.8, 4) is 0 Å². The number of hydrogen-bond donors (Lipinski definition) is 0. The predicted octanol–water partition coefficient (Wildman–Crippen LogP) is 0.749. The van der Waals surface area contributed by atoms with Gasteiger partial charge in [-0.15, -0.1) is 0 Å². The molecule has 0 saturated carbocycles. The molecule has 0 aromatic carbocycles. The van der Waals surface area contributed by atoms with Crippen LogP contribution in [0.1, 0.15) is 30.3 Å². The molecule has 27 heavy (non-hydrogen) atoms. The summed E-state index contributed by atoms with van der Waals surface area (Å²) in [6.07, 6.45) is 7.41. The summed E-state index contributed by atoms with van der Waals surface area (Å²) < 4.78 is 24.7. The smallest absolute Gasteiger partial charge is 0.305 e. The van der Waals surface area contributed by atoms with Gasteiger partial charge in [-0.3, -0.25) is 14.6 Å². The first kappa shape index (κ1) is 18.1. The van der Waals surface area contributed by atoms with Gasteiger partial charge in [0.15, 0.2) is 5.65 Å². The van der Waals surface area contributed by atoms with E-state index in [1.807, 2.05) is 0 Å². The molecule has 2 saturated heterocycles. The molecule has 144 valence electrons. The Hall–Kier alpha value is -2.33. The second-order valence-electron chi connectivity index (χ2n) is 7.02. The predicted molar refractivity (Wildman–Crippen MR) is 97.8 cm³/mol. The summed E-state index contributed by atoms with van der Waals surface area (Å²) in [5.74, 6) is -0.00139. The van der Waals surface area contributed by atoms with E-state index < -0.39 is 21.2 Å². The lowest BCUT2D eigenvalue weighted by Crippen LogP contribution is -2.56. The fourth-order valence-electron chi connectivity index (χ4n) is 3.57. The van der Waals surface area contributed by atoms with Crippen LogP contribution in [-0.2, 0) is 19.3 Å². The van der Waals surface area contributed by atoms with E-state index in [2.05, 4.69) is 14.3 Å². The molecule has 9 nitrogen and oxygen atoms in total. The topological polar surface area (TPSA) is 106 Å². The van der Waals surface area contributed by atoms with Gasteiger partial charge in [-0.05, 0) is 12.8 Å². The molecule has 0 bridgehead atoms. The zero-order valence-corrected chi connectivity index (χ0v) is 15.9. The van der Waals surface area contributed by atoms with Crippen molar-refractivity contribution < 1.29 is 18.5 Å². The Balaban J connectivity index is 1.50. The van der Waals surface area contributed by atoms with E-state index in [9.17, 15) is 13.8 Å². The minimum Gasteiger partial charge on any atom is -0.371 e. The third-order valence-electron chi connectivity index (χ3n) is 5.18. The molecule has 4 rings (SSSR count). The van der Waals surface area contributed by atoms with E-state index in [4.69, 9.17) is 4.74 Å². The summed E-state index contributed by atoms with van der Waals surface area (Å²) in [6, 6.07) is 0. The fraction of sp³-hybridized carbons (Fsp3) is 0.529. The largest absolute Gasteiger partial charge is 0.371 e. The number of imidazole rings is 1. The standard InChI is InChI=1S/C17H21N5O4S/c1-13(23)22-6-7-26-17(12-22)2-8-27(25,9-3-17)20-16(24)14-11-21-5-4-18-10-15(21)19-14/h4-5,10-11H,2-3,6-9,12H2,1H3. The van der Waals surface area contributed by atoms with Crippen molar-refractivity contribution in [2.45, 2.75) is 25.4 Å². The number of aromatic nitrogens is 3. The maximum atomic E-state index is 13.1. The summed E-state index contributed by atoms with van der Waals surface area (Å²) in [4.78, 5) is 34.0. The summed E-state index contributed by atoms with van der Waals surface area (Å²) in [7, 11) is -2.66. The molecule has 0 N–H and O–H groups in total. The van der Waals surface area contributed by atoms with Gasteiger partial charge in [0.2, 0.25) is 5.91 Å². The molecular formula is C17H21N5O4S. The van der Waals surface area contributed by atoms with Crippen LogP contribution in [0, 0.1) is 0 Å². The number of ether oxygens (including phenoxy) is 1. The van der Waals surface area contributed by atoms with E-state index in [-0.39, 0.29) is 23.1 Å². The third kappa shape index (κ3) is 3.59. The molecule has 0 aliphatic carbocycles. The van der Waals surface area contributed by atoms with Crippen LogP contribution in [0.15, 0.2) is 29.2 Å². The van der Waals surface area contributed by atoms with Crippen LogP contribution in [0.3, 0.4) is 0 Å². The maximum Gasteiger partial charge on any atom is 0.305 e. The Morgan fingerprint density at radius 1 is 1.33 bits per heavy atom. The Morgan fingerprint density at radius 3 is 2.81 bits per heavy atom. The first-order valence-corrected chi connectivity index (χ1v) is 10.7. The van der Waals surface area contributed by atoms with Crippen molar-refractivity contribution in [2.24, 2.45) is 4.36 Å². The van der Waals surface area contributed by atoms with Gasteiger partial charge >= 0.3 is 5.91 Å². The van der Waals surface area contributed by atoms with Gasteiger partial charge in [0.25, 0.3) is 0 Å². The zero-order chi connectivity index (χ0) is 19.1. The highest BCUT2D eigenvalue weighted by Gasteiger charge is 2.42. The molecule has 0 unspecified atom stereocenters. The number of carbonyl (C=O) groups excluding carboxylic acids is 2. The summed E-state index contributed by atoms with van der Waals surface area (Å²) in [6.45, 7) is 3.11. The molecule has 2 aliphatic heterocycles. The quantitative estimate of drug-likeness (QED) is 0.710. The van der Waals surface area contributed by atoms with Gasteiger partial charge in [0.05, 0.1) is 28.1 Å². The minimum atomic E-state index is -2.66. The minimum absolute atomic E-state index is 0.0187. The summed E-state index contributed by atoms with van der Waals surface area (Å²) >= 11 is 0. The second-order valence-corrected chi connectivity index (χ2v) is 9.56. The normalized spacial score (nSPS) is 28.4. The monoisotopic (exact) mass is 391 g/mol. The molecule has 0 atom stereocenters. The second kappa shape index (κ2) is 6.68. The average molecular weight is 391 g/mol. The molecular weight excluding hydrogens is 370 g/mol. The molecule has 2 amide bonds. The van der Waals surface area contributed by atoms with Crippen LogP contribution in [0.5, 0.6) is 0 Å². The molecule has 1 spiro atoms. The number of nitrogens with zero attached hydrogens (tertiary/aromatic N) is 5. The SMILES string of the molecule is CC(=O)N1CCOC2(CCS(=O)(=NC(=O)c3cn4ccncc4n3)CC2)C1. The van der Waals surface area contributed by atoms with Gasteiger partial charge in [-0.25, -0.2) is 9.19 Å². The summed E-state index contributed by atoms with van der Waals surface area (Å²) in [5, 5.41) is 0. The van der Waals surface area contributed by atoms with Gasteiger partial charge in [-0.1, -0.05) is 0 Å². The lowest BCUT2D eigenvalue weighted by Gasteiger charge is -2.45. The van der Waals surface area contributed by atoms with Crippen molar-refractivity contribution in [2.75, 3.05) is 31.2 Å². The van der Waals surface area contributed by atoms with E-state index in [0.29, 0.717) is 38.2 Å². The molecule has 2 aliphatic rings.